The van der Waals surface area contributed by atoms with Gasteiger partial charge in [0.1, 0.15) is 13.1 Å². The second kappa shape index (κ2) is 8.26. The lowest BCUT2D eigenvalue weighted by atomic mass is 10.1. The lowest BCUT2D eigenvalue weighted by Crippen LogP contribution is -3.18. The summed E-state index contributed by atoms with van der Waals surface area (Å²) in [4.78, 5) is 3.29. The first kappa shape index (κ1) is 14.2. The number of aryl methyl sites for hydroxylation is 1. The van der Waals surface area contributed by atoms with Crippen molar-refractivity contribution in [2.75, 3.05) is 40.3 Å². The van der Waals surface area contributed by atoms with Crippen LogP contribution in [0.4, 0.5) is 0 Å². The summed E-state index contributed by atoms with van der Waals surface area (Å²) in [6, 6.07) is 10.8. The van der Waals surface area contributed by atoms with Crippen LogP contribution in [0, 0.1) is 0 Å². The van der Waals surface area contributed by atoms with Crippen LogP contribution in [0.5, 0.6) is 0 Å². The SMILES string of the molecule is CC[NH+](CCCc1ccccc1)CC[NH+](C)C. The summed E-state index contributed by atoms with van der Waals surface area (Å²) in [5.41, 5.74) is 1.47. The van der Waals surface area contributed by atoms with Gasteiger partial charge >= 0.3 is 0 Å². The summed E-state index contributed by atoms with van der Waals surface area (Å²) in [6.07, 6.45) is 2.52. The van der Waals surface area contributed by atoms with E-state index in [1.54, 1.807) is 9.80 Å². The van der Waals surface area contributed by atoms with Gasteiger partial charge in [0.25, 0.3) is 0 Å². The Morgan fingerprint density at radius 2 is 1.65 bits per heavy atom. The Bertz CT molecular complexity index is 282. The van der Waals surface area contributed by atoms with Crippen molar-refractivity contribution in [2.24, 2.45) is 0 Å². The fourth-order valence-corrected chi connectivity index (χ4v) is 2.09. The van der Waals surface area contributed by atoms with Crippen LogP contribution in [0.1, 0.15) is 18.9 Å². The van der Waals surface area contributed by atoms with E-state index in [9.17, 15) is 0 Å². The second-order valence-electron chi connectivity index (χ2n) is 5.15. The highest BCUT2D eigenvalue weighted by atomic mass is 15.2. The number of quaternary nitrogens is 2. The highest BCUT2D eigenvalue weighted by Crippen LogP contribution is 2.00. The van der Waals surface area contributed by atoms with Gasteiger partial charge in [-0.1, -0.05) is 30.3 Å². The summed E-state index contributed by atoms with van der Waals surface area (Å²) < 4.78 is 0. The average molecular weight is 236 g/mol. The smallest absolute Gasteiger partial charge is 0.127 e. The molecule has 0 saturated carbocycles. The molecule has 0 heterocycles. The van der Waals surface area contributed by atoms with Gasteiger partial charge in [0.05, 0.1) is 27.2 Å². The molecule has 0 spiro atoms. The van der Waals surface area contributed by atoms with E-state index in [1.807, 2.05) is 0 Å². The maximum absolute atomic E-state index is 2.29. The predicted molar refractivity (Wildman–Crippen MR) is 73.7 cm³/mol. The summed E-state index contributed by atoms with van der Waals surface area (Å²) in [6.45, 7) is 7.42. The van der Waals surface area contributed by atoms with Crippen LogP contribution in [0.2, 0.25) is 0 Å². The van der Waals surface area contributed by atoms with Gasteiger partial charge in [-0.05, 0) is 18.9 Å². The highest BCUT2D eigenvalue weighted by Gasteiger charge is 2.07. The van der Waals surface area contributed by atoms with Gasteiger partial charge in [0.15, 0.2) is 0 Å². The van der Waals surface area contributed by atoms with Gasteiger partial charge in [-0.25, -0.2) is 0 Å². The number of hydrogen-bond donors (Lipinski definition) is 2. The zero-order valence-corrected chi connectivity index (χ0v) is 11.6. The first-order valence-electron chi connectivity index (χ1n) is 6.89. The van der Waals surface area contributed by atoms with Gasteiger partial charge in [-0.15, -0.1) is 0 Å². The zero-order valence-electron chi connectivity index (χ0n) is 11.6. The fraction of sp³-hybridized carbons (Fsp3) is 0.600. The third-order valence-corrected chi connectivity index (χ3v) is 3.32. The third-order valence-electron chi connectivity index (χ3n) is 3.32. The summed E-state index contributed by atoms with van der Waals surface area (Å²) >= 11 is 0. The van der Waals surface area contributed by atoms with Crippen molar-refractivity contribution < 1.29 is 9.80 Å². The molecule has 1 aromatic rings. The highest BCUT2D eigenvalue weighted by molar-refractivity contribution is 5.14. The Morgan fingerprint density at radius 3 is 2.24 bits per heavy atom. The van der Waals surface area contributed by atoms with Crippen molar-refractivity contribution in [2.45, 2.75) is 19.8 Å². The first-order chi connectivity index (χ1) is 8.22. The Morgan fingerprint density at radius 1 is 0.941 bits per heavy atom. The summed E-state index contributed by atoms with van der Waals surface area (Å²) in [7, 11) is 4.47. The molecular weight excluding hydrogens is 208 g/mol. The van der Waals surface area contributed by atoms with Gasteiger partial charge in [0, 0.05) is 6.42 Å². The lowest BCUT2D eigenvalue weighted by Gasteiger charge is -2.18. The first-order valence-corrected chi connectivity index (χ1v) is 6.89. The van der Waals surface area contributed by atoms with Gasteiger partial charge in [0.2, 0.25) is 0 Å². The second-order valence-corrected chi connectivity index (χ2v) is 5.15. The Balaban J connectivity index is 2.19. The van der Waals surface area contributed by atoms with Crippen molar-refractivity contribution in [3.8, 4) is 0 Å². The minimum absolute atomic E-state index is 1.22. The molecule has 1 aromatic carbocycles. The van der Waals surface area contributed by atoms with E-state index in [4.69, 9.17) is 0 Å². The molecule has 17 heavy (non-hydrogen) atoms. The Hall–Kier alpha value is -0.860. The predicted octanol–water partition coefficient (Wildman–Crippen LogP) is -0.331. The molecule has 0 aliphatic heterocycles. The van der Waals surface area contributed by atoms with E-state index in [-0.39, 0.29) is 0 Å². The molecule has 96 valence electrons. The topological polar surface area (TPSA) is 8.88 Å². The van der Waals surface area contributed by atoms with Crippen molar-refractivity contribution in [1.29, 1.82) is 0 Å². The van der Waals surface area contributed by atoms with Gasteiger partial charge < -0.3 is 9.80 Å². The summed E-state index contributed by atoms with van der Waals surface area (Å²) in [5.74, 6) is 0. The molecule has 1 unspecified atom stereocenters. The number of benzene rings is 1. The molecule has 0 saturated heterocycles. The number of nitrogens with one attached hydrogen (secondary N) is 2. The normalized spacial score (nSPS) is 12.9. The molecule has 0 aliphatic carbocycles. The van der Waals surface area contributed by atoms with Gasteiger partial charge in [-0.3, -0.25) is 0 Å². The van der Waals surface area contributed by atoms with Crippen molar-refractivity contribution in [3.63, 3.8) is 0 Å². The van der Waals surface area contributed by atoms with Crippen molar-refractivity contribution in [1.82, 2.24) is 0 Å². The molecule has 1 atom stereocenters. The minimum Gasteiger partial charge on any atom is -0.335 e. The van der Waals surface area contributed by atoms with Crippen LogP contribution in [0.25, 0.3) is 0 Å². The molecule has 0 aromatic heterocycles. The molecule has 2 heteroatoms. The fourth-order valence-electron chi connectivity index (χ4n) is 2.09. The van der Waals surface area contributed by atoms with E-state index in [0.29, 0.717) is 0 Å². The minimum atomic E-state index is 1.22. The van der Waals surface area contributed by atoms with Crippen LogP contribution < -0.4 is 9.80 Å². The van der Waals surface area contributed by atoms with Crippen LogP contribution in [-0.4, -0.2) is 40.3 Å². The van der Waals surface area contributed by atoms with E-state index in [2.05, 4.69) is 51.4 Å². The lowest BCUT2D eigenvalue weighted by molar-refractivity contribution is -0.940. The van der Waals surface area contributed by atoms with E-state index in [0.717, 1.165) is 0 Å². The number of rotatable bonds is 8. The number of likely N-dealkylation sites (N-methyl/N-ethyl adjacent to an activating group) is 2. The molecule has 0 amide bonds. The standard InChI is InChI=1S/C15H26N2/c1-4-17(14-13-16(2)3)12-8-11-15-9-6-5-7-10-15/h5-7,9-10H,4,8,11-14H2,1-3H3/p+2. The summed E-state index contributed by atoms with van der Waals surface area (Å²) in [5, 5.41) is 0. The van der Waals surface area contributed by atoms with Crippen LogP contribution in [-0.2, 0) is 6.42 Å². The molecule has 0 bridgehead atoms. The molecule has 0 aliphatic rings. The monoisotopic (exact) mass is 236 g/mol. The third kappa shape index (κ3) is 6.44. The van der Waals surface area contributed by atoms with Crippen LogP contribution >= 0.6 is 0 Å². The van der Waals surface area contributed by atoms with Crippen molar-refractivity contribution >= 4 is 0 Å². The van der Waals surface area contributed by atoms with E-state index >= 15 is 0 Å². The maximum atomic E-state index is 2.29. The molecular formula is C15H28N2+2. The molecule has 2 nitrogen and oxygen atoms in total. The van der Waals surface area contributed by atoms with Crippen LogP contribution in [0.15, 0.2) is 30.3 Å². The zero-order chi connectivity index (χ0) is 12.5. The number of hydrogen-bond acceptors (Lipinski definition) is 0. The largest absolute Gasteiger partial charge is 0.335 e. The molecule has 1 rings (SSSR count). The molecule has 2 N–H and O–H groups in total. The Labute approximate surface area is 106 Å². The molecule has 0 radical (unpaired) electrons. The maximum Gasteiger partial charge on any atom is 0.127 e. The Kier molecular flexibility index (Phi) is 6.90. The molecule has 0 fully saturated rings. The average Bonchev–Trinajstić information content (AvgIpc) is 2.34. The van der Waals surface area contributed by atoms with E-state index < -0.39 is 0 Å². The van der Waals surface area contributed by atoms with Crippen LogP contribution in [0.3, 0.4) is 0 Å². The van der Waals surface area contributed by atoms with E-state index in [1.165, 1.54) is 44.6 Å². The van der Waals surface area contributed by atoms with Gasteiger partial charge in [-0.2, -0.15) is 0 Å². The van der Waals surface area contributed by atoms with Crippen molar-refractivity contribution in [3.05, 3.63) is 35.9 Å². The quantitative estimate of drug-likeness (QED) is 0.612.